The van der Waals surface area contributed by atoms with Crippen molar-refractivity contribution in [1.29, 1.82) is 5.26 Å². The molecule has 1 aliphatic heterocycles. The number of nitrogens with zero attached hydrogens (tertiary/aromatic N) is 6. The molecule has 0 aromatic heterocycles. The molecule has 0 bridgehead atoms. The van der Waals surface area contributed by atoms with Crippen molar-refractivity contribution in [2.45, 2.75) is 25.2 Å². The predicted molar refractivity (Wildman–Crippen MR) is 152 cm³/mol. The summed E-state index contributed by atoms with van der Waals surface area (Å²) < 4.78 is 11.9. The number of anilines is 1. The molecule has 0 radical (unpaired) electrons. The second-order valence-electron chi connectivity index (χ2n) is 9.31. The summed E-state index contributed by atoms with van der Waals surface area (Å²) in [5.41, 5.74) is 1.53. The third-order valence-corrected chi connectivity index (χ3v) is 6.73. The van der Waals surface area contributed by atoms with Crippen LogP contribution in [0.2, 0.25) is 5.02 Å². The van der Waals surface area contributed by atoms with Gasteiger partial charge in [-0.1, -0.05) is 58.4 Å². The molecule has 1 amide bonds. The molecule has 0 fully saturated rings. The second kappa shape index (κ2) is 14.3. The summed E-state index contributed by atoms with van der Waals surface area (Å²) in [6, 6.07) is 26.1. The van der Waals surface area contributed by atoms with Gasteiger partial charge in [0.05, 0.1) is 44.8 Å². The maximum Gasteiger partial charge on any atom is 0.238 e. The SMILES string of the molecule is CN(CC(=O)Nc1ccc(Oc2ccccc2)cc1)C(COCc1ccccc1Cl)C1N(C)N=NN1CCC#N. The third-order valence-electron chi connectivity index (χ3n) is 6.36. The number of benzene rings is 3. The summed E-state index contributed by atoms with van der Waals surface area (Å²) in [6.07, 6.45) is -0.0307. The van der Waals surface area contributed by atoms with Gasteiger partial charge in [-0.25, -0.2) is 0 Å². The highest BCUT2D eigenvalue weighted by Gasteiger charge is 2.37. The fraction of sp³-hybridized carbons (Fsp3) is 0.310. The Hall–Kier alpha value is -4.17. The first-order valence-corrected chi connectivity index (χ1v) is 13.2. The summed E-state index contributed by atoms with van der Waals surface area (Å²) in [4.78, 5) is 14.9. The van der Waals surface area contributed by atoms with Crippen molar-refractivity contribution in [3.8, 4) is 17.6 Å². The van der Waals surface area contributed by atoms with E-state index >= 15 is 0 Å². The van der Waals surface area contributed by atoms with Crippen LogP contribution in [0.1, 0.15) is 12.0 Å². The van der Waals surface area contributed by atoms with Gasteiger partial charge in [-0.3, -0.25) is 19.7 Å². The smallest absolute Gasteiger partial charge is 0.238 e. The predicted octanol–water partition coefficient (Wildman–Crippen LogP) is 5.36. The molecule has 3 aromatic rings. The van der Waals surface area contributed by atoms with E-state index in [4.69, 9.17) is 26.3 Å². The van der Waals surface area contributed by atoms with E-state index in [-0.39, 0.29) is 31.3 Å². The zero-order valence-electron chi connectivity index (χ0n) is 22.5. The fourth-order valence-corrected chi connectivity index (χ4v) is 4.51. The maximum atomic E-state index is 13.0. The van der Waals surface area contributed by atoms with Crippen molar-refractivity contribution in [3.63, 3.8) is 0 Å². The number of hydrogen-bond acceptors (Lipinski definition) is 9. The van der Waals surface area contributed by atoms with E-state index in [1.54, 1.807) is 34.3 Å². The first-order valence-electron chi connectivity index (χ1n) is 12.9. The molecular weight excluding hydrogens is 530 g/mol. The first kappa shape index (κ1) is 28.8. The number of nitriles is 1. The summed E-state index contributed by atoms with van der Waals surface area (Å²) >= 11 is 6.30. The Morgan fingerprint density at radius 2 is 1.77 bits per heavy atom. The van der Waals surface area contributed by atoms with Gasteiger partial charge in [-0.15, -0.1) is 0 Å². The van der Waals surface area contributed by atoms with E-state index in [1.165, 1.54) is 0 Å². The standard InChI is InChI=1S/C29H32ClN7O3/c1-35(19-28(38)32-23-13-15-25(16-14-23)40-24-10-4-3-5-11-24)27(21-39-20-22-9-6-7-12-26(22)30)29-36(2)33-34-37(29)18-8-17-31/h3-7,9-16,27,29H,8,18-21H2,1-2H3,(H,32,38). The maximum absolute atomic E-state index is 13.0. The molecule has 1 N–H and O–H groups in total. The number of ether oxygens (including phenoxy) is 2. The summed E-state index contributed by atoms with van der Waals surface area (Å²) in [5, 5.41) is 24.6. The molecule has 2 unspecified atom stereocenters. The highest BCUT2D eigenvalue weighted by atomic mass is 35.5. The van der Waals surface area contributed by atoms with E-state index in [0.29, 0.717) is 36.0 Å². The molecule has 208 valence electrons. The molecule has 0 saturated carbocycles. The Morgan fingerprint density at radius 3 is 2.50 bits per heavy atom. The number of hydrogen-bond donors (Lipinski definition) is 1. The van der Waals surface area contributed by atoms with Crippen LogP contribution < -0.4 is 10.1 Å². The van der Waals surface area contributed by atoms with Crippen molar-refractivity contribution < 1.29 is 14.3 Å². The topological polar surface area (TPSA) is 106 Å². The number of nitrogens with one attached hydrogen (secondary N) is 1. The Bertz CT molecular complexity index is 1320. The molecule has 1 heterocycles. The molecule has 11 heteroatoms. The molecule has 0 saturated heterocycles. The van der Waals surface area contributed by atoms with Crippen LogP contribution in [0.25, 0.3) is 0 Å². The minimum Gasteiger partial charge on any atom is -0.457 e. The van der Waals surface area contributed by atoms with Gasteiger partial charge in [-0.05, 0) is 55.1 Å². The monoisotopic (exact) mass is 561 g/mol. The Kier molecular flexibility index (Phi) is 10.3. The Balaban J connectivity index is 1.39. The van der Waals surface area contributed by atoms with Gasteiger partial charge in [0.2, 0.25) is 5.91 Å². The number of halogens is 1. The molecular formula is C29H32ClN7O3. The van der Waals surface area contributed by atoms with Crippen LogP contribution in [0.4, 0.5) is 5.69 Å². The van der Waals surface area contributed by atoms with Gasteiger partial charge in [-0.2, -0.15) is 5.26 Å². The van der Waals surface area contributed by atoms with Crippen molar-refractivity contribution in [1.82, 2.24) is 14.9 Å². The van der Waals surface area contributed by atoms with E-state index in [9.17, 15) is 4.79 Å². The van der Waals surface area contributed by atoms with Crippen LogP contribution in [0.15, 0.2) is 89.3 Å². The minimum atomic E-state index is -0.327. The second-order valence-corrected chi connectivity index (χ2v) is 9.72. The highest BCUT2D eigenvalue weighted by molar-refractivity contribution is 6.31. The van der Waals surface area contributed by atoms with Crippen molar-refractivity contribution in [2.75, 3.05) is 39.1 Å². The van der Waals surface area contributed by atoms with Crippen LogP contribution in [0.3, 0.4) is 0 Å². The molecule has 0 spiro atoms. The van der Waals surface area contributed by atoms with Gasteiger partial charge in [0.25, 0.3) is 0 Å². The van der Waals surface area contributed by atoms with Crippen LogP contribution >= 0.6 is 11.6 Å². The largest absolute Gasteiger partial charge is 0.457 e. The van der Waals surface area contributed by atoms with Gasteiger partial charge < -0.3 is 14.8 Å². The number of rotatable bonds is 13. The van der Waals surface area contributed by atoms with E-state index < -0.39 is 0 Å². The number of amides is 1. The third kappa shape index (κ3) is 7.93. The summed E-state index contributed by atoms with van der Waals surface area (Å²) in [5.74, 6) is 1.22. The van der Waals surface area contributed by atoms with Gasteiger partial charge >= 0.3 is 0 Å². The number of para-hydroxylation sites is 1. The zero-order valence-corrected chi connectivity index (χ0v) is 23.2. The first-order chi connectivity index (χ1) is 19.4. The molecule has 1 aliphatic rings. The fourth-order valence-electron chi connectivity index (χ4n) is 4.32. The van der Waals surface area contributed by atoms with E-state index in [1.807, 2.05) is 73.6 Å². The van der Waals surface area contributed by atoms with Crippen LogP contribution in [0, 0.1) is 11.3 Å². The van der Waals surface area contributed by atoms with Gasteiger partial charge in [0.1, 0.15) is 11.5 Å². The van der Waals surface area contributed by atoms with Gasteiger partial charge in [0, 0.05) is 17.8 Å². The Morgan fingerprint density at radius 1 is 1.07 bits per heavy atom. The summed E-state index contributed by atoms with van der Waals surface area (Å²) in [6.45, 7) is 1.10. The molecule has 2 atom stereocenters. The van der Waals surface area contributed by atoms with E-state index in [2.05, 4.69) is 21.8 Å². The lowest BCUT2D eigenvalue weighted by molar-refractivity contribution is -0.118. The number of carbonyl (C=O) groups excluding carboxylic acids is 1. The van der Waals surface area contributed by atoms with Crippen molar-refractivity contribution >= 4 is 23.2 Å². The van der Waals surface area contributed by atoms with Crippen LogP contribution in [0.5, 0.6) is 11.5 Å². The average Bonchev–Trinajstić information content (AvgIpc) is 3.32. The average molecular weight is 562 g/mol. The lowest BCUT2D eigenvalue weighted by atomic mass is 10.1. The molecule has 40 heavy (non-hydrogen) atoms. The molecule has 10 nitrogen and oxygen atoms in total. The normalized spacial score (nSPS) is 15.2. The van der Waals surface area contributed by atoms with Crippen LogP contribution in [-0.4, -0.2) is 66.8 Å². The highest BCUT2D eigenvalue weighted by Crippen LogP contribution is 2.24. The van der Waals surface area contributed by atoms with Crippen molar-refractivity contribution in [2.24, 2.45) is 10.4 Å². The quantitative estimate of drug-likeness (QED) is 0.299. The summed E-state index contributed by atoms with van der Waals surface area (Å²) in [7, 11) is 3.67. The van der Waals surface area contributed by atoms with Crippen molar-refractivity contribution in [3.05, 3.63) is 89.4 Å². The molecule has 3 aromatic carbocycles. The molecule has 0 aliphatic carbocycles. The Labute approximate surface area is 239 Å². The molecule has 4 rings (SSSR count). The number of carbonyl (C=O) groups is 1. The minimum absolute atomic E-state index is 0.0960. The van der Waals surface area contributed by atoms with E-state index in [0.717, 1.165) is 11.3 Å². The lowest BCUT2D eigenvalue weighted by Gasteiger charge is -2.37. The number of likely N-dealkylation sites (N-methyl/N-ethyl adjacent to an activating group) is 2. The van der Waals surface area contributed by atoms with Gasteiger partial charge in [0.15, 0.2) is 6.17 Å². The zero-order chi connectivity index (χ0) is 28.3. The lowest BCUT2D eigenvalue weighted by Crippen LogP contribution is -2.56. The van der Waals surface area contributed by atoms with Crippen LogP contribution in [-0.2, 0) is 16.1 Å².